The van der Waals surface area contributed by atoms with E-state index in [0.29, 0.717) is 5.69 Å². The normalized spacial score (nSPS) is 10.3. The Hall–Kier alpha value is -3.54. The third-order valence-corrected chi connectivity index (χ3v) is 4.10. The summed E-state index contributed by atoms with van der Waals surface area (Å²) in [5.41, 5.74) is 2.98. The molecular weight excluding hydrogens is 345 g/mol. The second-order valence-corrected chi connectivity index (χ2v) is 6.10. The molecule has 0 aliphatic rings. The highest BCUT2D eigenvalue weighted by molar-refractivity contribution is 6.06. The number of carbonyl (C=O) groups excluding carboxylic acids is 2. The molecule has 0 saturated carbocycles. The second-order valence-electron chi connectivity index (χ2n) is 6.10. The van der Waals surface area contributed by atoms with Gasteiger partial charge in [-0.1, -0.05) is 24.3 Å². The molecule has 6 heteroatoms. The molecule has 0 unspecified atom stereocenters. The van der Waals surface area contributed by atoms with Crippen LogP contribution < -0.4 is 10.6 Å². The van der Waals surface area contributed by atoms with Crippen molar-refractivity contribution < 1.29 is 14.0 Å². The summed E-state index contributed by atoms with van der Waals surface area (Å²) >= 11 is 0. The molecule has 27 heavy (non-hydrogen) atoms. The Kier molecular flexibility index (Phi) is 5.26. The summed E-state index contributed by atoms with van der Waals surface area (Å²) in [5, 5.41) is 5.21. The maximum absolute atomic E-state index is 13.7. The summed E-state index contributed by atoms with van der Waals surface area (Å²) in [6, 6.07) is 15.9. The second kappa shape index (κ2) is 7.78. The van der Waals surface area contributed by atoms with Crippen molar-refractivity contribution in [2.45, 2.75) is 13.8 Å². The number of carbonyl (C=O) groups is 2. The van der Waals surface area contributed by atoms with Gasteiger partial charge in [0.2, 0.25) is 0 Å². The number of pyridine rings is 1. The van der Waals surface area contributed by atoms with Crippen LogP contribution in [0.1, 0.15) is 32.1 Å². The molecule has 0 bridgehead atoms. The first-order chi connectivity index (χ1) is 12.9. The number of nitrogens with zero attached hydrogens (tertiary/aromatic N) is 1. The zero-order valence-electron chi connectivity index (χ0n) is 14.9. The van der Waals surface area contributed by atoms with Gasteiger partial charge < -0.3 is 10.6 Å². The van der Waals surface area contributed by atoms with Crippen LogP contribution in [0, 0.1) is 19.7 Å². The van der Waals surface area contributed by atoms with E-state index in [4.69, 9.17) is 0 Å². The molecule has 0 fully saturated rings. The molecular formula is C21H18FN3O2. The minimum Gasteiger partial charge on any atom is -0.321 e. The van der Waals surface area contributed by atoms with Gasteiger partial charge >= 0.3 is 0 Å². The summed E-state index contributed by atoms with van der Waals surface area (Å²) in [6.45, 7) is 3.94. The molecule has 0 spiro atoms. The Balaban J connectivity index is 1.76. The van der Waals surface area contributed by atoms with Gasteiger partial charge in [-0.15, -0.1) is 0 Å². The van der Waals surface area contributed by atoms with Crippen molar-refractivity contribution in [2.24, 2.45) is 0 Å². The van der Waals surface area contributed by atoms with E-state index in [1.165, 1.54) is 30.3 Å². The van der Waals surface area contributed by atoms with Crippen LogP contribution in [-0.2, 0) is 0 Å². The third kappa shape index (κ3) is 4.36. The third-order valence-electron chi connectivity index (χ3n) is 4.10. The summed E-state index contributed by atoms with van der Waals surface area (Å²) in [7, 11) is 0. The predicted octanol–water partition coefficient (Wildman–Crippen LogP) is 4.34. The van der Waals surface area contributed by atoms with Crippen LogP contribution in [0.5, 0.6) is 0 Å². The Bertz CT molecular complexity index is 1020. The van der Waals surface area contributed by atoms with Crippen molar-refractivity contribution in [1.29, 1.82) is 0 Å². The van der Waals surface area contributed by atoms with Crippen LogP contribution in [0.4, 0.5) is 15.8 Å². The minimum atomic E-state index is -0.596. The van der Waals surface area contributed by atoms with Gasteiger partial charge in [-0.3, -0.25) is 9.59 Å². The molecule has 0 saturated heterocycles. The van der Waals surface area contributed by atoms with Crippen LogP contribution in [0.25, 0.3) is 0 Å². The summed E-state index contributed by atoms with van der Waals surface area (Å²) in [4.78, 5) is 28.8. The monoisotopic (exact) mass is 363 g/mol. The molecule has 2 amide bonds. The minimum absolute atomic E-state index is 0.0194. The largest absolute Gasteiger partial charge is 0.321 e. The number of aryl methyl sites for hydroxylation is 2. The predicted molar refractivity (Wildman–Crippen MR) is 102 cm³/mol. The topological polar surface area (TPSA) is 71.1 Å². The Morgan fingerprint density at radius 2 is 1.48 bits per heavy atom. The highest BCUT2D eigenvalue weighted by atomic mass is 19.1. The molecule has 0 aliphatic heterocycles. The lowest BCUT2D eigenvalue weighted by molar-refractivity contribution is 0.101. The first-order valence-electron chi connectivity index (χ1n) is 8.35. The highest BCUT2D eigenvalue weighted by Gasteiger charge is 2.14. The van der Waals surface area contributed by atoms with Gasteiger partial charge in [0.05, 0.1) is 5.69 Å². The lowest BCUT2D eigenvalue weighted by Gasteiger charge is -2.09. The standard InChI is InChI=1S/C21H18FN3O2/c1-13-10-11-15(12-14(13)2)23-20(26)18-8-5-9-19(24-18)21(27)25-17-7-4-3-6-16(17)22/h3-12H,1-2H3,(H,23,26)(H,25,27). The molecule has 5 nitrogen and oxygen atoms in total. The van der Waals surface area contributed by atoms with Crippen molar-refractivity contribution in [3.8, 4) is 0 Å². The summed E-state index contributed by atoms with van der Waals surface area (Å²) in [5.74, 6) is -1.57. The van der Waals surface area contributed by atoms with E-state index in [0.717, 1.165) is 11.1 Å². The van der Waals surface area contributed by atoms with Gasteiger partial charge in [-0.25, -0.2) is 9.37 Å². The van der Waals surface area contributed by atoms with E-state index in [1.807, 2.05) is 26.0 Å². The Morgan fingerprint density at radius 1 is 0.815 bits per heavy atom. The maximum Gasteiger partial charge on any atom is 0.274 e. The molecule has 1 aromatic heterocycles. The zero-order chi connectivity index (χ0) is 19.4. The SMILES string of the molecule is Cc1ccc(NC(=O)c2cccc(C(=O)Nc3ccccc3F)n2)cc1C. The molecule has 0 atom stereocenters. The van der Waals surface area contributed by atoms with Gasteiger partial charge in [-0.05, 0) is 61.4 Å². The van der Waals surface area contributed by atoms with Crippen LogP contribution in [0.3, 0.4) is 0 Å². The molecule has 0 aliphatic carbocycles. The van der Waals surface area contributed by atoms with Crippen LogP contribution in [0.2, 0.25) is 0 Å². The number of nitrogens with one attached hydrogen (secondary N) is 2. The zero-order valence-corrected chi connectivity index (χ0v) is 14.9. The van der Waals surface area contributed by atoms with Crippen molar-refractivity contribution in [1.82, 2.24) is 4.98 Å². The molecule has 1 heterocycles. The molecule has 2 N–H and O–H groups in total. The molecule has 3 aromatic rings. The van der Waals surface area contributed by atoms with Crippen molar-refractivity contribution in [3.63, 3.8) is 0 Å². The molecule has 0 radical (unpaired) electrons. The number of aromatic nitrogens is 1. The quantitative estimate of drug-likeness (QED) is 0.724. The van der Waals surface area contributed by atoms with Crippen LogP contribution in [0.15, 0.2) is 60.7 Å². The Morgan fingerprint density at radius 3 is 2.15 bits per heavy atom. The van der Waals surface area contributed by atoms with Crippen molar-refractivity contribution >= 4 is 23.2 Å². The summed E-state index contributed by atoms with van der Waals surface area (Å²) < 4.78 is 13.7. The fourth-order valence-corrected chi connectivity index (χ4v) is 2.45. The number of para-hydroxylation sites is 1. The number of anilines is 2. The molecule has 2 aromatic carbocycles. The smallest absolute Gasteiger partial charge is 0.274 e. The first-order valence-corrected chi connectivity index (χ1v) is 8.35. The van der Waals surface area contributed by atoms with Gasteiger partial charge in [0, 0.05) is 5.69 Å². The van der Waals surface area contributed by atoms with E-state index in [-0.39, 0.29) is 17.1 Å². The van der Waals surface area contributed by atoms with E-state index in [9.17, 15) is 14.0 Å². The lowest BCUT2D eigenvalue weighted by Crippen LogP contribution is -2.19. The number of halogens is 1. The molecule has 136 valence electrons. The average Bonchev–Trinajstić information content (AvgIpc) is 2.66. The van der Waals surface area contributed by atoms with Crippen molar-refractivity contribution in [3.05, 3.63) is 89.0 Å². The van der Waals surface area contributed by atoms with Crippen LogP contribution >= 0.6 is 0 Å². The van der Waals surface area contributed by atoms with E-state index in [2.05, 4.69) is 15.6 Å². The number of hydrogen-bond donors (Lipinski definition) is 2. The summed E-state index contributed by atoms with van der Waals surface area (Å²) in [6.07, 6.45) is 0. The highest BCUT2D eigenvalue weighted by Crippen LogP contribution is 2.16. The van der Waals surface area contributed by atoms with Gasteiger partial charge in [-0.2, -0.15) is 0 Å². The fourth-order valence-electron chi connectivity index (χ4n) is 2.45. The van der Waals surface area contributed by atoms with E-state index >= 15 is 0 Å². The first kappa shape index (κ1) is 18.3. The van der Waals surface area contributed by atoms with E-state index < -0.39 is 17.6 Å². The van der Waals surface area contributed by atoms with Gasteiger partial charge in [0.1, 0.15) is 17.2 Å². The van der Waals surface area contributed by atoms with Crippen molar-refractivity contribution in [2.75, 3.05) is 10.6 Å². The maximum atomic E-state index is 13.7. The Labute approximate surface area is 156 Å². The number of hydrogen-bond acceptors (Lipinski definition) is 3. The number of amides is 2. The lowest BCUT2D eigenvalue weighted by atomic mass is 10.1. The fraction of sp³-hybridized carbons (Fsp3) is 0.0952. The van der Waals surface area contributed by atoms with Gasteiger partial charge in [0.25, 0.3) is 11.8 Å². The van der Waals surface area contributed by atoms with Gasteiger partial charge in [0.15, 0.2) is 0 Å². The molecule has 3 rings (SSSR count). The number of rotatable bonds is 4. The van der Waals surface area contributed by atoms with Crippen LogP contribution in [-0.4, -0.2) is 16.8 Å². The number of benzene rings is 2. The average molecular weight is 363 g/mol. The van der Waals surface area contributed by atoms with E-state index in [1.54, 1.807) is 18.2 Å².